The van der Waals surface area contributed by atoms with Crippen LogP contribution in [0.4, 0.5) is 22.0 Å². The fraction of sp³-hybridized carbons (Fsp3) is 0.333. The first-order chi connectivity index (χ1) is 6.79. The molecule has 0 amide bonds. The van der Waals surface area contributed by atoms with Gasteiger partial charge in [-0.1, -0.05) is 6.07 Å². The van der Waals surface area contributed by atoms with Crippen molar-refractivity contribution in [1.82, 2.24) is 0 Å². The van der Waals surface area contributed by atoms with E-state index >= 15 is 0 Å². The number of rotatable bonds is 2. The summed E-state index contributed by atoms with van der Waals surface area (Å²) >= 11 is 0. The quantitative estimate of drug-likeness (QED) is 0.812. The van der Waals surface area contributed by atoms with E-state index in [0.717, 1.165) is 12.1 Å². The Hall–Kier alpha value is -0.880. The van der Waals surface area contributed by atoms with Gasteiger partial charge in [0.05, 0.1) is 6.42 Å². The summed E-state index contributed by atoms with van der Waals surface area (Å²) in [6.07, 6.45) is -5.69. The molecule has 0 aromatic heterocycles. The van der Waals surface area contributed by atoms with E-state index in [1.54, 1.807) is 0 Å². The molecule has 16 heavy (non-hydrogen) atoms. The Kier molecular flexibility index (Phi) is 5.15. The first-order valence-electron chi connectivity index (χ1n) is 4.07. The molecule has 0 spiro atoms. The summed E-state index contributed by atoms with van der Waals surface area (Å²) in [6.45, 7) is 0. The second-order valence-electron chi connectivity index (χ2n) is 3.10. The first kappa shape index (κ1) is 15.1. The Labute approximate surface area is 94.8 Å². The third-order valence-electron chi connectivity index (χ3n) is 1.82. The fourth-order valence-electron chi connectivity index (χ4n) is 1.11. The van der Waals surface area contributed by atoms with Gasteiger partial charge in [0.2, 0.25) is 0 Å². The minimum absolute atomic E-state index is 0. The second-order valence-corrected chi connectivity index (χ2v) is 3.10. The topological polar surface area (TPSA) is 26.0 Å². The van der Waals surface area contributed by atoms with Gasteiger partial charge in [0.1, 0.15) is 0 Å². The average Bonchev–Trinajstić information content (AvgIpc) is 2.06. The van der Waals surface area contributed by atoms with Crippen LogP contribution in [0.1, 0.15) is 18.0 Å². The number of hydrogen-bond acceptors (Lipinski definition) is 1. The van der Waals surface area contributed by atoms with E-state index in [9.17, 15) is 22.0 Å². The maximum absolute atomic E-state index is 12.7. The van der Waals surface area contributed by atoms with E-state index in [2.05, 4.69) is 0 Å². The number of benzene rings is 1. The molecule has 1 rings (SSSR count). The first-order valence-corrected chi connectivity index (χ1v) is 4.07. The molecule has 2 N–H and O–H groups in total. The minimum atomic E-state index is -4.43. The zero-order chi connectivity index (χ0) is 11.6. The molecular weight excluding hydrogens is 253 g/mol. The highest BCUT2D eigenvalue weighted by Gasteiger charge is 2.31. The van der Waals surface area contributed by atoms with E-state index in [0.29, 0.717) is 6.07 Å². The van der Waals surface area contributed by atoms with Gasteiger partial charge in [0.25, 0.3) is 0 Å². The molecule has 0 radical (unpaired) electrons. The van der Waals surface area contributed by atoms with E-state index in [4.69, 9.17) is 5.73 Å². The average molecular weight is 262 g/mol. The predicted octanol–water partition coefficient (Wildman–Crippen LogP) is 3.34. The summed E-state index contributed by atoms with van der Waals surface area (Å²) in [5.41, 5.74) is 5.11. The monoisotopic (exact) mass is 261 g/mol. The van der Waals surface area contributed by atoms with E-state index in [-0.39, 0.29) is 18.0 Å². The summed E-state index contributed by atoms with van der Waals surface area (Å²) in [7, 11) is 0. The van der Waals surface area contributed by atoms with Crippen LogP contribution in [-0.4, -0.2) is 6.18 Å². The zero-order valence-corrected chi connectivity index (χ0v) is 8.71. The van der Waals surface area contributed by atoms with Crippen LogP contribution in [0.2, 0.25) is 0 Å². The summed E-state index contributed by atoms with van der Waals surface area (Å²) in [4.78, 5) is 0. The molecule has 0 aliphatic rings. The van der Waals surface area contributed by atoms with Crippen molar-refractivity contribution in [3.63, 3.8) is 0 Å². The maximum Gasteiger partial charge on any atom is 0.390 e. The van der Waals surface area contributed by atoms with Crippen molar-refractivity contribution in [2.75, 3.05) is 0 Å². The Morgan fingerprint density at radius 2 is 1.69 bits per heavy atom. The fourth-order valence-corrected chi connectivity index (χ4v) is 1.11. The van der Waals surface area contributed by atoms with Crippen LogP contribution < -0.4 is 5.73 Å². The lowest BCUT2D eigenvalue weighted by atomic mass is 10.0. The van der Waals surface area contributed by atoms with Crippen LogP contribution in [-0.2, 0) is 0 Å². The van der Waals surface area contributed by atoms with Crippen LogP contribution in [0.15, 0.2) is 18.2 Å². The van der Waals surface area contributed by atoms with Crippen LogP contribution >= 0.6 is 12.4 Å². The predicted molar refractivity (Wildman–Crippen MR) is 51.2 cm³/mol. The van der Waals surface area contributed by atoms with Crippen molar-refractivity contribution in [2.24, 2.45) is 5.73 Å². The van der Waals surface area contributed by atoms with Crippen LogP contribution in [0.5, 0.6) is 0 Å². The van der Waals surface area contributed by atoms with E-state index in [1.165, 1.54) is 0 Å². The van der Waals surface area contributed by atoms with Crippen LogP contribution in [0.3, 0.4) is 0 Å². The van der Waals surface area contributed by atoms with Crippen molar-refractivity contribution < 1.29 is 22.0 Å². The summed E-state index contributed by atoms with van der Waals surface area (Å²) in [6, 6.07) is 1.08. The summed E-state index contributed by atoms with van der Waals surface area (Å²) < 4.78 is 60.9. The van der Waals surface area contributed by atoms with Crippen molar-refractivity contribution in [1.29, 1.82) is 0 Å². The number of hydrogen-bond donors (Lipinski definition) is 1. The third kappa shape index (κ3) is 4.32. The van der Waals surface area contributed by atoms with Gasteiger partial charge in [0.15, 0.2) is 11.6 Å². The smallest absolute Gasteiger partial charge is 0.324 e. The number of alkyl halides is 3. The van der Waals surface area contributed by atoms with Gasteiger partial charge in [-0.25, -0.2) is 8.78 Å². The molecular formula is C9H9ClF5N. The molecule has 1 aromatic rings. The molecule has 0 saturated carbocycles. The lowest BCUT2D eigenvalue weighted by Crippen LogP contribution is -2.20. The molecule has 1 atom stereocenters. The maximum atomic E-state index is 12.7. The molecule has 0 bridgehead atoms. The molecule has 7 heteroatoms. The van der Waals surface area contributed by atoms with Gasteiger partial charge in [-0.3, -0.25) is 0 Å². The van der Waals surface area contributed by atoms with Gasteiger partial charge >= 0.3 is 6.18 Å². The molecule has 92 valence electrons. The summed E-state index contributed by atoms with van der Waals surface area (Å²) in [5, 5.41) is 0. The van der Waals surface area contributed by atoms with Crippen molar-refractivity contribution in [3.05, 3.63) is 35.4 Å². The van der Waals surface area contributed by atoms with Crippen molar-refractivity contribution >= 4 is 12.4 Å². The number of nitrogens with two attached hydrogens (primary N) is 1. The van der Waals surface area contributed by atoms with Crippen LogP contribution in [0.25, 0.3) is 0 Å². The normalized spacial score (nSPS) is 13.1. The van der Waals surface area contributed by atoms with Crippen LogP contribution in [0, 0.1) is 11.6 Å². The molecule has 0 heterocycles. The lowest BCUT2D eigenvalue weighted by molar-refractivity contribution is -0.138. The van der Waals surface area contributed by atoms with Crippen molar-refractivity contribution in [2.45, 2.75) is 18.6 Å². The molecule has 0 unspecified atom stereocenters. The molecule has 1 aromatic carbocycles. The molecule has 1 nitrogen and oxygen atoms in total. The highest BCUT2D eigenvalue weighted by atomic mass is 35.5. The largest absolute Gasteiger partial charge is 0.390 e. The Balaban J connectivity index is 0.00000225. The van der Waals surface area contributed by atoms with Gasteiger partial charge in [-0.15, -0.1) is 12.4 Å². The molecule has 0 aliphatic carbocycles. The molecule has 0 saturated heterocycles. The lowest BCUT2D eigenvalue weighted by Gasteiger charge is -2.14. The van der Waals surface area contributed by atoms with Gasteiger partial charge in [0, 0.05) is 6.04 Å². The highest BCUT2D eigenvalue weighted by molar-refractivity contribution is 5.85. The van der Waals surface area contributed by atoms with Gasteiger partial charge < -0.3 is 5.73 Å². The standard InChI is InChI=1S/C9H8F5N.ClH/c10-6-2-1-5(3-7(6)11)8(15)4-9(12,13)14;/h1-3,8H,4,15H2;1H/t8-;/m0./s1. The Morgan fingerprint density at radius 3 is 2.12 bits per heavy atom. The zero-order valence-electron chi connectivity index (χ0n) is 7.89. The Bertz CT molecular complexity index is 352. The van der Waals surface area contributed by atoms with Gasteiger partial charge in [-0.05, 0) is 17.7 Å². The van der Waals surface area contributed by atoms with E-state index in [1.807, 2.05) is 0 Å². The highest BCUT2D eigenvalue weighted by Crippen LogP contribution is 2.28. The van der Waals surface area contributed by atoms with E-state index < -0.39 is 30.3 Å². The summed E-state index contributed by atoms with van der Waals surface area (Å²) in [5.74, 6) is -2.32. The number of halogens is 6. The minimum Gasteiger partial charge on any atom is -0.324 e. The Morgan fingerprint density at radius 1 is 1.12 bits per heavy atom. The second kappa shape index (κ2) is 5.45. The molecule has 0 fully saturated rings. The van der Waals surface area contributed by atoms with Crippen molar-refractivity contribution in [3.8, 4) is 0 Å². The SMILES string of the molecule is Cl.N[C@@H](CC(F)(F)F)c1ccc(F)c(F)c1. The molecule has 0 aliphatic heterocycles. The van der Waals surface area contributed by atoms with Gasteiger partial charge in [-0.2, -0.15) is 13.2 Å². The third-order valence-corrected chi connectivity index (χ3v) is 1.82.